The maximum Gasteiger partial charge on any atom is 0.273 e. The van der Waals surface area contributed by atoms with Gasteiger partial charge in [-0.25, -0.2) is 0 Å². The molecule has 0 spiro atoms. The van der Waals surface area contributed by atoms with Crippen LogP contribution in [0.5, 0.6) is 11.5 Å². The van der Waals surface area contributed by atoms with Crippen LogP contribution in [0.2, 0.25) is 0 Å². The molecule has 0 saturated heterocycles. The summed E-state index contributed by atoms with van der Waals surface area (Å²) in [5.74, 6) is 1.76. The molecule has 6 nitrogen and oxygen atoms in total. The van der Waals surface area contributed by atoms with Crippen molar-refractivity contribution in [1.82, 2.24) is 10.5 Å². The fourth-order valence-electron chi connectivity index (χ4n) is 2.57. The Morgan fingerprint density at radius 3 is 2.67 bits per heavy atom. The number of carbonyl (C=O) groups excluding carboxylic acids is 1. The largest absolute Gasteiger partial charge is 0.497 e. The monoisotopic (exact) mass is 366 g/mol. The van der Waals surface area contributed by atoms with Gasteiger partial charge >= 0.3 is 0 Å². The van der Waals surface area contributed by atoms with Crippen molar-refractivity contribution in [3.8, 4) is 11.5 Å². The van der Waals surface area contributed by atoms with Gasteiger partial charge in [0.25, 0.3) is 5.91 Å². The highest BCUT2D eigenvalue weighted by molar-refractivity contribution is 5.92. The summed E-state index contributed by atoms with van der Waals surface area (Å²) in [6.07, 6.45) is 0. The molecular formula is C21H22N2O4. The standard InChI is InChI=1S/C21H22N2O4/c1-15(16-7-4-3-5-8-16)13-22-21(24)20-12-19(27-23-20)14-26-18-10-6-9-17(11-18)25-2/h3-12,15H,13-14H2,1-2H3,(H,22,24)/t15-/m0/s1. The molecule has 140 valence electrons. The van der Waals surface area contributed by atoms with E-state index in [9.17, 15) is 4.79 Å². The second-order valence-electron chi connectivity index (χ2n) is 6.17. The van der Waals surface area contributed by atoms with E-state index in [2.05, 4.69) is 17.4 Å². The molecule has 2 aromatic carbocycles. The number of methoxy groups -OCH3 is 1. The van der Waals surface area contributed by atoms with Gasteiger partial charge in [-0.15, -0.1) is 0 Å². The van der Waals surface area contributed by atoms with Gasteiger partial charge in [0.05, 0.1) is 7.11 Å². The van der Waals surface area contributed by atoms with Crippen LogP contribution in [0.15, 0.2) is 65.2 Å². The highest BCUT2D eigenvalue weighted by Crippen LogP contribution is 2.20. The van der Waals surface area contributed by atoms with Crippen LogP contribution in [0.4, 0.5) is 0 Å². The first-order chi connectivity index (χ1) is 13.2. The Morgan fingerprint density at radius 1 is 1.11 bits per heavy atom. The fraction of sp³-hybridized carbons (Fsp3) is 0.238. The summed E-state index contributed by atoms with van der Waals surface area (Å²) in [6, 6.07) is 18.9. The van der Waals surface area contributed by atoms with Gasteiger partial charge in [-0.2, -0.15) is 0 Å². The van der Waals surface area contributed by atoms with Gasteiger partial charge in [-0.05, 0) is 23.6 Å². The molecule has 0 radical (unpaired) electrons. The van der Waals surface area contributed by atoms with E-state index >= 15 is 0 Å². The molecule has 0 unspecified atom stereocenters. The van der Waals surface area contributed by atoms with E-state index in [4.69, 9.17) is 14.0 Å². The van der Waals surface area contributed by atoms with Crippen molar-refractivity contribution in [2.45, 2.75) is 19.4 Å². The number of benzene rings is 2. The highest BCUT2D eigenvalue weighted by atomic mass is 16.5. The molecule has 0 aliphatic heterocycles. The van der Waals surface area contributed by atoms with Crippen LogP contribution in [-0.4, -0.2) is 24.7 Å². The minimum Gasteiger partial charge on any atom is -0.497 e. The maximum atomic E-state index is 12.3. The topological polar surface area (TPSA) is 73.6 Å². The third kappa shape index (κ3) is 5.10. The molecule has 27 heavy (non-hydrogen) atoms. The lowest BCUT2D eigenvalue weighted by Gasteiger charge is -2.12. The molecule has 1 heterocycles. The summed E-state index contributed by atoms with van der Waals surface area (Å²) in [5, 5.41) is 6.70. The van der Waals surface area contributed by atoms with Crippen molar-refractivity contribution in [3.05, 3.63) is 77.7 Å². The number of amides is 1. The number of nitrogens with one attached hydrogen (secondary N) is 1. The molecule has 6 heteroatoms. The molecule has 0 aliphatic carbocycles. The Bertz CT molecular complexity index is 877. The first kappa shape index (κ1) is 18.5. The Hall–Kier alpha value is -3.28. The average molecular weight is 366 g/mol. The van der Waals surface area contributed by atoms with E-state index in [1.807, 2.05) is 48.5 Å². The Kier molecular flexibility index (Phi) is 6.10. The van der Waals surface area contributed by atoms with E-state index in [1.54, 1.807) is 19.2 Å². The molecular weight excluding hydrogens is 344 g/mol. The number of carbonyl (C=O) groups is 1. The molecule has 0 aliphatic rings. The quantitative estimate of drug-likeness (QED) is 0.656. The highest BCUT2D eigenvalue weighted by Gasteiger charge is 2.14. The average Bonchev–Trinajstić information content (AvgIpc) is 3.20. The van der Waals surface area contributed by atoms with Crippen LogP contribution < -0.4 is 14.8 Å². The zero-order valence-electron chi connectivity index (χ0n) is 15.3. The summed E-state index contributed by atoms with van der Waals surface area (Å²) in [5.41, 5.74) is 1.41. The van der Waals surface area contributed by atoms with Crippen molar-refractivity contribution < 1.29 is 18.8 Å². The van der Waals surface area contributed by atoms with Crippen molar-refractivity contribution in [2.24, 2.45) is 0 Å². The maximum absolute atomic E-state index is 12.3. The number of aromatic nitrogens is 1. The predicted octanol–water partition coefficient (Wildman–Crippen LogP) is 3.80. The van der Waals surface area contributed by atoms with Crippen molar-refractivity contribution in [1.29, 1.82) is 0 Å². The smallest absolute Gasteiger partial charge is 0.273 e. The Balaban J connectivity index is 1.51. The number of ether oxygens (including phenoxy) is 2. The first-order valence-corrected chi connectivity index (χ1v) is 8.71. The van der Waals surface area contributed by atoms with Gasteiger partial charge in [-0.3, -0.25) is 4.79 Å². The molecule has 1 aromatic heterocycles. The summed E-state index contributed by atoms with van der Waals surface area (Å²) < 4.78 is 16.0. The third-order valence-corrected chi connectivity index (χ3v) is 4.15. The fourth-order valence-corrected chi connectivity index (χ4v) is 2.57. The van der Waals surface area contributed by atoms with Gasteiger partial charge in [-0.1, -0.05) is 48.5 Å². The molecule has 1 N–H and O–H groups in total. The third-order valence-electron chi connectivity index (χ3n) is 4.15. The number of hydrogen-bond acceptors (Lipinski definition) is 5. The molecule has 3 rings (SSSR count). The summed E-state index contributed by atoms with van der Waals surface area (Å²) >= 11 is 0. The number of nitrogens with zero attached hydrogens (tertiary/aromatic N) is 1. The van der Waals surface area contributed by atoms with Gasteiger partial charge < -0.3 is 19.3 Å². The van der Waals surface area contributed by atoms with Gasteiger partial charge in [0.1, 0.15) is 18.1 Å². The Morgan fingerprint density at radius 2 is 1.89 bits per heavy atom. The number of hydrogen-bond donors (Lipinski definition) is 1. The summed E-state index contributed by atoms with van der Waals surface area (Å²) in [4.78, 5) is 12.3. The summed E-state index contributed by atoms with van der Waals surface area (Å²) in [7, 11) is 1.60. The molecule has 3 aromatic rings. The normalized spacial score (nSPS) is 11.6. The second-order valence-corrected chi connectivity index (χ2v) is 6.17. The van der Waals surface area contributed by atoms with Crippen LogP contribution in [0.3, 0.4) is 0 Å². The number of rotatable bonds is 8. The first-order valence-electron chi connectivity index (χ1n) is 8.71. The zero-order valence-corrected chi connectivity index (χ0v) is 15.3. The predicted molar refractivity (Wildman–Crippen MR) is 101 cm³/mol. The lowest BCUT2D eigenvalue weighted by atomic mass is 10.0. The van der Waals surface area contributed by atoms with Gasteiger partial charge in [0.2, 0.25) is 0 Å². The van der Waals surface area contributed by atoms with E-state index in [0.29, 0.717) is 23.8 Å². The van der Waals surface area contributed by atoms with Crippen LogP contribution in [0, 0.1) is 0 Å². The lowest BCUT2D eigenvalue weighted by Crippen LogP contribution is -2.27. The van der Waals surface area contributed by atoms with E-state index in [0.717, 1.165) is 0 Å². The molecule has 0 saturated carbocycles. The zero-order chi connectivity index (χ0) is 19.1. The summed E-state index contributed by atoms with van der Waals surface area (Å²) in [6.45, 7) is 2.75. The molecule has 0 fully saturated rings. The van der Waals surface area contributed by atoms with E-state index < -0.39 is 0 Å². The van der Waals surface area contributed by atoms with E-state index in [-0.39, 0.29) is 24.1 Å². The van der Waals surface area contributed by atoms with Crippen LogP contribution >= 0.6 is 0 Å². The lowest BCUT2D eigenvalue weighted by molar-refractivity contribution is 0.0942. The van der Waals surface area contributed by atoms with Gasteiger partial charge in [0.15, 0.2) is 11.5 Å². The minimum atomic E-state index is -0.269. The van der Waals surface area contributed by atoms with Crippen LogP contribution in [0.25, 0.3) is 0 Å². The SMILES string of the molecule is COc1cccc(OCc2cc(C(=O)NC[C@H](C)c3ccccc3)no2)c1. The molecule has 0 bridgehead atoms. The van der Waals surface area contributed by atoms with Crippen molar-refractivity contribution in [3.63, 3.8) is 0 Å². The van der Waals surface area contributed by atoms with E-state index in [1.165, 1.54) is 5.56 Å². The van der Waals surface area contributed by atoms with Gasteiger partial charge in [0, 0.05) is 18.7 Å². The van der Waals surface area contributed by atoms with Crippen molar-refractivity contribution >= 4 is 5.91 Å². The van der Waals surface area contributed by atoms with Crippen LogP contribution in [0.1, 0.15) is 34.7 Å². The second kappa shape index (κ2) is 8.89. The molecule has 1 atom stereocenters. The van der Waals surface area contributed by atoms with Crippen LogP contribution in [-0.2, 0) is 6.61 Å². The Labute approximate surface area is 158 Å². The minimum absolute atomic E-state index is 0.174. The van der Waals surface area contributed by atoms with Crippen molar-refractivity contribution in [2.75, 3.05) is 13.7 Å². The molecule has 1 amide bonds.